The van der Waals surface area contributed by atoms with Gasteiger partial charge in [0.05, 0.1) is 22.8 Å². The fourth-order valence-electron chi connectivity index (χ4n) is 3.04. The topological polar surface area (TPSA) is 134 Å². The SMILES string of the molecule is C=CC(=O)N[C@H]1C[C@@H](Oc2nc(Nc3cnn(C)c3)nc3[nH]cc(C#N)c23)C1. The highest BCUT2D eigenvalue weighted by Crippen LogP contribution is 2.32. The van der Waals surface area contributed by atoms with Crippen molar-refractivity contribution >= 4 is 28.6 Å². The van der Waals surface area contributed by atoms with Gasteiger partial charge in [-0.25, -0.2) is 0 Å². The summed E-state index contributed by atoms with van der Waals surface area (Å²) < 4.78 is 7.69. The lowest BCUT2D eigenvalue weighted by Crippen LogP contribution is -2.48. The second-order valence-electron chi connectivity index (χ2n) is 6.54. The Morgan fingerprint density at radius 1 is 1.50 bits per heavy atom. The van der Waals surface area contributed by atoms with Gasteiger partial charge in [0.2, 0.25) is 17.7 Å². The van der Waals surface area contributed by atoms with Crippen molar-refractivity contribution in [3.05, 3.63) is 36.8 Å². The minimum Gasteiger partial charge on any atom is -0.474 e. The van der Waals surface area contributed by atoms with Crippen molar-refractivity contribution in [2.24, 2.45) is 7.05 Å². The maximum absolute atomic E-state index is 11.4. The molecular weight excluding hydrogens is 360 g/mol. The molecule has 1 aliphatic rings. The number of nitrogens with one attached hydrogen (secondary N) is 3. The molecule has 142 valence electrons. The van der Waals surface area contributed by atoms with Crippen LogP contribution in [-0.2, 0) is 11.8 Å². The van der Waals surface area contributed by atoms with E-state index in [9.17, 15) is 10.1 Å². The number of fused-ring (bicyclic) bond motifs is 1. The second-order valence-corrected chi connectivity index (χ2v) is 6.54. The molecule has 0 radical (unpaired) electrons. The number of carbonyl (C=O) groups is 1. The number of H-pyrrole nitrogens is 1. The van der Waals surface area contributed by atoms with Gasteiger partial charge >= 0.3 is 0 Å². The molecule has 28 heavy (non-hydrogen) atoms. The van der Waals surface area contributed by atoms with Crippen LogP contribution in [0.3, 0.4) is 0 Å². The lowest BCUT2D eigenvalue weighted by molar-refractivity contribution is -0.118. The molecule has 10 heteroatoms. The van der Waals surface area contributed by atoms with Crippen LogP contribution in [-0.4, -0.2) is 42.8 Å². The van der Waals surface area contributed by atoms with E-state index >= 15 is 0 Å². The maximum atomic E-state index is 11.4. The lowest BCUT2D eigenvalue weighted by atomic mass is 9.89. The maximum Gasteiger partial charge on any atom is 0.243 e. The first-order valence-electron chi connectivity index (χ1n) is 8.70. The van der Waals surface area contributed by atoms with Crippen LogP contribution >= 0.6 is 0 Å². The van der Waals surface area contributed by atoms with Gasteiger partial charge in [-0.15, -0.1) is 0 Å². The third-order valence-electron chi connectivity index (χ3n) is 4.48. The summed E-state index contributed by atoms with van der Waals surface area (Å²) >= 11 is 0. The average molecular weight is 378 g/mol. The van der Waals surface area contributed by atoms with Crippen LogP contribution in [0.2, 0.25) is 0 Å². The molecule has 1 aliphatic carbocycles. The number of ether oxygens (including phenoxy) is 1. The van der Waals surface area contributed by atoms with E-state index in [0.717, 1.165) is 5.69 Å². The molecule has 3 N–H and O–H groups in total. The number of aryl methyl sites for hydroxylation is 1. The van der Waals surface area contributed by atoms with E-state index in [2.05, 4.69) is 43.3 Å². The van der Waals surface area contributed by atoms with Crippen molar-refractivity contribution in [1.29, 1.82) is 5.26 Å². The molecule has 1 amide bonds. The molecule has 0 spiro atoms. The van der Waals surface area contributed by atoms with Crippen LogP contribution in [0.5, 0.6) is 5.88 Å². The van der Waals surface area contributed by atoms with Crippen molar-refractivity contribution in [2.75, 3.05) is 5.32 Å². The largest absolute Gasteiger partial charge is 0.474 e. The van der Waals surface area contributed by atoms with Crippen LogP contribution in [0.4, 0.5) is 11.6 Å². The molecule has 3 aromatic rings. The number of nitrogens with zero attached hydrogens (tertiary/aromatic N) is 5. The number of nitriles is 1. The second kappa shape index (κ2) is 7.03. The third kappa shape index (κ3) is 3.37. The van der Waals surface area contributed by atoms with Gasteiger partial charge in [0.15, 0.2) is 0 Å². The van der Waals surface area contributed by atoms with Crippen LogP contribution in [0, 0.1) is 11.3 Å². The van der Waals surface area contributed by atoms with Gasteiger partial charge in [0.25, 0.3) is 0 Å². The highest BCUT2D eigenvalue weighted by atomic mass is 16.5. The van der Waals surface area contributed by atoms with Crippen LogP contribution in [0.15, 0.2) is 31.2 Å². The Kier molecular flexibility index (Phi) is 4.41. The van der Waals surface area contributed by atoms with Crippen molar-refractivity contribution in [3.8, 4) is 11.9 Å². The van der Waals surface area contributed by atoms with Gasteiger partial charge in [-0.3, -0.25) is 9.48 Å². The Balaban J connectivity index is 1.57. The summed E-state index contributed by atoms with van der Waals surface area (Å²) in [5.74, 6) is 0.457. The van der Waals surface area contributed by atoms with E-state index in [0.29, 0.717) is 41.3 Å². The smallest absolute Gasteiger partial charge is 0.243 e. The van der Waals surface area contributed by atoms with E-state index in [-0.39, 0.29) is 18.1 Å². The number of carbonyl (C=O) groups excluding carboxylic acids is 1. The standard InChI is InChI=1S/C18H18N8O2/c1-3-14(27)22-11-4-13(5-11)28-17-15-10(6-19)7-20-16(15)24-18(25-17)23-12-8-21-26(2)9-12/h3,7-9,11,13H,1,4-5H2,2H3,(H,22,27)(H2,20,23,24,25)/t11-,13+. The van der Waals surface area contributed by atoms with Gasteiger partial charge in [-0.2, -0.15) is 20.3 Å². The first-order valence-corrected chi connectivity index (χ1v) is 8.70. The highest BCUT2D eigenvalue weighted by molar-refractivity contribution is 5.88. The summed E-state index contributed by atoms with van der Waals surface area (Å²) in [6, 6.07) is 2.17. The zero-order valence-corrected chi connectivity index (χ0v) is 15.1. The minimum atomic E-state index is -0.201. The zero-order chi connectivity index (χ0) is 19.7. The normalized spacial score (nSPS) is 18.1. The number of aromatic nitrogens is 5. The monoisotopic (exact) mass is 378 g/mol. The molecule has 1 saturated carbocycles. The number of hydrogen-bond acceptors (Lipinski definition) is 7. The number of aromatic amines is 1. The molecule has 0 atom stereocenters. The van der Waals surface area contributed by atoms with Crippen LogP contribution in [0.25, 0.3) is 11.0 Å². The van der Waals surface area contributed by atoms with Gasteiger partial charge in [0.1, 0.15) is 17.8 Å². The number of amides is 1. The molecule has 0 aliphatic heterocycles. The van der Waals surface area contributed by atoms with Crippen LogP contribution < -0.4 is 15.4 Å². The fraction of sp³-hybridized carbons (Fsp3) is 0.278. The van der Waals surface area contributed by atoms with E-state index in [4.69, 9.17) is 4.74 Å². The first kappa shape index (κ1) is 17.5. The van der Waals surface area contributed by atoms with E-state index in [1.54, 1.807) is 23.3 Å². The fourth-order valence-corrected chi connectivity index (χ4v) is 3.04. The lowest BCUT2D eigenvalue weighted by Gasteiger charge is -2.35. The number of anilines is 2. The van der Waals surface area contributed by atoms with Gasteiger partial charge in [0, 0.05) is 38.3 Å². The molecule has 0 saturated heterocycles. The summed E-state index contributed by atoms with van der Waals surface area (Å²) in [5.41, 5.74) is 1.65. The summed E-state index contributed by atoms with van der Waals surface area (Å²) in [6.07, 6.45) is 7.47. The molecule has 0 bridgehead atoms. The van der Waals surface area contributed by atoms with Crippen molar-refractivity contribution in [1.82, 2.24) is 30.0 Å². The van der Waals surface area contributed by atoms with E-state index in [1.165, 1.54) is 6.08 Å². The van der Waals surface area contributed by atoms with E-state index < -0.39 is 0 Å². The molecule has 0 aromatic carbocycles. The summed E-state index contributed by atoms with van der Waals surface area (Å²) in [6.45, 7) is 3.44. The van der Waals surface area contributed by atoms with Gasteiger partial charge < -0.3 is 20.4 Å². The molecule has 3 heterocycles. The van der Waals surface area contributed by atoms with Crippen LogP contribution in [0.1, 0.15) is 18.4 Å². The molecule has 10 nitrogen and oxygen atoms in total. The Hall–Kier alpha value is -3.87. The molecular formula is C18H18N8O2. The quantitative estimate of drug-likeness (QED) is 0.554. The predicted octanol–water partition coefficient (Wildman–Crippen LogP) is 1.52. The summed E-state index contributed by atoms with van der Waals surface area (Å²) in [4.78, 5) is 23.2. The number of rotatable bonds is 6. The van der Waals surface area contributed by atoms with E-state index in [1.807, 2.05) is 7.05 Å². The third-order valence-corrected chi connectivity index (χ3v) is 4.48. The highest BCUT2D eigenvalue weighted by Gasteiger charge is 2.33. The Morgan fingerprint density at radius 2 is 2.32 bits per heavy atom. The molecule has 4 rings (SSSR count). The number of hydrogen-bond donors (Lipinski definition) is 3. The summed E-state index contributed by atoms with van der Waals surface area (Å²) in [7, 11) is 1.81. The Morgan fingerprint density at radius 3 is 3.00 bits per heavy atom. The molecule has 3 aromatic heterocycles. The zero-order valence-electron chi connectivity index (χ0n) is 15.1. The van der Waals surface area contributed by atoms with Crippen molar-refractivity contribution < 1.29 is 9.53 Å². The van der Waals surface area contributed by atoms with Crippen molar-refractivity contribution in [3.63, 3.8) is 0 Å². The van der Waals surface area contributed by atoms with Crippen molar-refractivity contribution in [2.45, 2.75) is 25.0 Å². The summed E-state index contributed by atoms with van der Waals surface area (Å²) in [5, 5.41) is 19.9. The average Bonchev–Trinajstić information content (AvgIpc) is 3.25. The first-order chi connectivity index (χ1) is 13.6. The molecule has 0 unspecified atom stereocenters. The van der Waals surface area contributed by atoms with Gasteiger partial charge in [-0.1, -0.05) is 6.58 Å². The molecule has 1 fully saturated rings. The Labute approximate surface area is 160 Å². The predicted molar refractivity (Wildman–Crippen MR) is 101 cm³/mol. The minimum absolute atomic E-state index is 0.0440. The van der Waals surface area contributed by atoms with Gasteiger partial charge in [-0.05, 0) is 6.08 Å². The Bertz CT molecular complexity index is 1090.